The zero-order valence-electron chi connectivity index (χ0n) is 8.59. The third-order valence-corrected chi connectivity index (χ3v) is 2.40. The van der Waals surface area contributed by atoms with Crippen LogP contribution in [0.4, 0.5) is 0 Å². The van der Waals surface area contributed by atoms with Crippen LogP contribution in [0.25, 0.3) is 0 Å². The smallest absolute Gasteiger partial charge is 0.109 e. The summed E-state index contributed by atoms with van der Waals surface area (Å²) in [7, 11) is 4.48. The molecule has 0 unspecified atom stereocenters. The van der Waals surface area contributed by atoms with Crippen LogP contribution in [0.2, 0.25) is 0 Å². The second-order valence-corrected chi connectivity index (χ2v) is 3.80. The molecule has 0 spiro atoms. The van der Waals surface area contributed by atoms with Gasteiger partial charge in [0.05, 0.1) is 39.9 Å². The maximum Gasteiger partial charge on any atom is 0.109 e. The van der Waals surface area contributed by atoms with Crippen LogP contribution < -0.4 is 24.0 Å². The van der Waals surface area contributed by atoms with Crippen LogP contribution in [-0.4, -0.2) is 31.7 Å². The van der Waals surface area contributed by atoms with Crippen molar-refractivity contribution in [3.63, 3.8) is 0 Å². The zero-order valence-corrected chi connectivity index (χ0v) is 10.7. The van der Waals surface area contributed by atoms with E-state index in [4.69, 9.17) is 4.42 Å². The highest BCUT2D eigenvalue weighted by molar-refractivity contribution is 4.97. The summed E-state index contributed by atoms with van der Waals surface area (Å²) in [6.45, 7) is 4.52. The third kappa shape index (κ3) is 4.67. The van der Waals surface area contributed by atoms with Crippen molar-refractivity contribution in [2.24, 2.45) is 0 Å². The van der Waals surface area contributed by atoms with E-state index >= 15 is 0 Å². The van der Waals surface area contributed by atoms with Crippen molar-refractivity contribution in [1.82, 2.24) is 0 Å². The summed E-state index contributed by atoms with van der Waals surface area (Å²) < 4.78 is 6.32. The Morgan fingerprint density at radius 3 is 2.54 bits per heavy atom. The van der Waals surface area contributed by atoms with E-state index in [9.17, 15) is 0 Å². The van der Waals surface area contributed by atoms with E-state index in [2.05, 4.69) is 21.0 Å². The van der Waals surface area contributed by atoms with Gasteiger partial charge in [-0.15, -0.1) is 0 Å². The van der Waals surface area contributed by atoms with E-state index in [-0.39, 0.29) is 24.0 Å². The molecule has 0 saturated carbocycles. The maximum absolute atomic E-state index is 5.26. The molecule has 0 aromatic carbocycles. The van der Waals surface area contributed by atoms with Crippen LogP contribution in [-0.2, 0) is 6.42 Å². The van der Waals surface area contributed by atoms with Gasteiger partial charge >= 0.3 is 0 Å². The Bertz CT molecular complexity index is 219. The average molecular weight is 295 g/mol. The molecule has 0 aliphatic rings. The summed E-state index contributed by atoms with van der Waals surface area (Å²) in [6, 6.07) is 3.98. The Morgan fingerprint density at radius 1 is 1.38 bits per heavy atom. The fraction of sp³-hybridized carbons (Fsp3) is 0.600. The molecular formula is C10H18INO. The van der Waals surface area contributed by atoms with E-state index in [0.29, 0.717) is 0 Å². The molecule has 0 aliphatic carbocycles. The highest BCUT2D eigenvalue weighted by Gasteiger charge is 2.11. The highest BCUT2D eigenvalue weighted by Crippen LogP contribution is 2.04. The van der Waals surface area contributed by atoms with Gasteiger partial charge in [-0.2, -0.15) is 0 Å². The zero-order chi connectivity index (χ0) is 9.03. The van der Waals surface area contributed by atoms with Crippen molar-refractivity contribution in [2.75, 3.05) is 27.2 Å². The number of halogens is 1. The summed E-state index contributed by atoms with van der Waals surface area (Å²) in [5, 5.41) is 0. The minimum Gasteiger partial charge on any atom is -1.00 e. The van der Waals surface area contributed by atoms with E-state index in [1.54, 1.807) is 6.26 Å². The Labute approximate surface area is 97.5 Å². The molecule has 76 valence electrons. The largest absolute Gasteiger partial charge is 1.00 e. The van der Waals surface area contributed by atoms with E-state index < -0.39 is 0 Å². The van der Waals surface area contributed by atoms with Gasteiger partial charge in [0.2, 0.25) is 0 Å². The quantitative estimate of drug-likeness (QED) is 0.509. The first-order valence-corrected chi connectivity index (χ1v) is 4.48. The maximum atomic E-state index is 5.26. The summed E-state index contributed by atoms with van der Waals surface area (Å²) in [4.78, 5) is 0. The molecule has 0 fully saturated rings. The SMILES string of the molecule is CC[N+](C)(C)CCc1ccco1.[I-]. The lowest BCUT2D eigenvalue weighted by Crippen LogP contribution is -3.00. The van der Waals surface area contributed by atoms with Crippen LogP contribution in [0.5, 0.6) is 0 Å². The minimum atomic E-state index is 0. The van der Waals surface area contributed by atoms with Crippen molar-refractivity contribution in [1.29, 1.82) is 0 Å². The third-order valence-electron chi connectivity index (χ3n) is 2.40. The fourth-order valence-electron chi connectivity index (χ4n) is 1.03. The van der Waals surface area contributed by atoms with Crippen molar-refractivity contribution < 1.29 is 32.9 Å². The van der Waals surface area contributed by atoms with Gasteiger partial charge in [0.25, 0.3) is 0 Å². The predicted octanol–water partition coefficient (Wildman–Crippen LogP) is -1.08. The summed E-state index contributed by atoms with van der Waals surface area (Å²) >= 11 is 0. The molecule has 1 heterocycles. The van der Waals surface area contributed by atoms with Gasteiger partial charge in [-0.1, -0.05) is 0 Å². The summed E-state index contributed by atoms with van der Waals surface area (Å²) in [5.74, 6) is 1.09. The molecule has 1 rings (SSSR count). The van der Waals surface area contributed by atoms with Gasteiger partial charge in [-0.25, -0.2) is 0 Å². The molecule has 1 aromatic rings. The monoisotopic (exact) mass is 295 g/mol. The first kappa shape index (κ1) is 13.0. The molecule has 0 N–H and O–H groups in total. The van der Waals surface area contributed by atoms with Gasteiger partial charge in [0.15, 0.2) is 0 Å². The van der Waals surface area contributed by atoms with E-state index in [1.807, 2.05) is 12.1 Å². The van der Waals surface area contributed by atoms with Crippen LogP contribution >= 0.6 is 0 Å². The first-order valence-electron chi connectivity index (χ1n) is 4.48. The van der Waals surface area contributed by atoms with Gasteiger partial charge < -0.3 is 32.9 Å². The number of furan rings is 1. The Balaban J connectivity index is 0.00000144. The number of quaternary nitrogens is 1. The van der Waals surface area contributed by atoms with E-state index in [0.717, 1.165) is 23.2 Å². The molecule has 13 heavy (non-hydrogen) atoms. The minimum absolute atomic E-state index is 0. The summed E-state index contributed by atoms with van der Waals surface area (Å²) in [6.07, 6.45) is 2.77. The number of nitrogens with zero attached hydrogens (tertiary/aromatic N) is 1. The average Bonchev–Trinajstić information content (AvgIpc) is 2.53. The lowest BCUT2D eigenvalue weighted by molar-refractivity contribution is -0.888. The molecule has 0 radical (unpaired) electrons. The molecule has 1 aromatic heterocycles. The highest BCUT2D eigenvalue weighted by atomic mass is 127. The molecule has 0 atom stereocenters. The number of hydrogen-bond donors (Lipinski definition) is 0. The molecular weight excluding hydrogens is 277 g/mol. The number of rotatable bonds is 4. The molecule has 0 amide bonds. The Hall–Kier alpha value is -0.0300. The predicted molar refractivity (Wildman–Crippen MR) is 49.9 cm³/mol. The van der Waals surface area contributed by atoms with Crippen LogP contribution in [0.1, 0.15) is 12.7 Å². The Morgan fingerprint density at radius 2 is 2.08 bits per heavy atom. The normalized spacial score (nSPS) is 11.0. The van der Waals surface area contributed by atoms with Crippen molar-refractivity contribution >= 4 is 0 Å². The van der Waals surface area contributed by atoms with Crippen LogP contribution in [0.3, 0.4) is 0 Å². The van der Waals surface area contributed by atoms with Gasteiger partial charge in [0, 0.05) is 0 Å². The Kier molecular flexibility index (Phi) is 5.64. The standard InChI is InChI=1S/C10H18NO.HI/c1-4-11(2,3)8-7-10-6-5-9-12-10;/h5-6,9H,4,7-8H2,1-3H3;1H/q+1;/p-1. The van der Waals surface area contributed by atoms with Gasteiger partial charge in [-0.3, -0.25) is 0 Å². The molecule has 2 nitrogen and oxygen atoms in total. The van der Waals surface area contributed by atoms with Crippen molar-refractivity contribution in [3.05, 3.63) is 24.2 Å². The first-order chi connectivity index (χ1) is 5.64. The topological polar surface area (TPSA) is 13.1 Å². The van der Waals surface area contributed by atoms with Crippen LogP contribution in [0.15, 0.2) is 22.8 Å². The number of likely N-dealkylation sites (N-methyl/N-ethyl adjacent to an activating group) is 1. The number of hydrogen-bond acceptors (Lipinski definition) is 1. The second kappa shape index (κ2) is 5.65. The van der Waals surface area contributed by atoms with Gasteiger partial charge in [0.1, 0.15) is 5.76 Å². The second-order valence-electron chi connectivity index (χ2n) is 3.80. The van der Waals surface area contributed by atoms with Crippen molar-refractivity contribution in [3.8, 4) is 0 Å². The summed E-state index contributed by atoms with van der Waals surface area (Å²) in [5.41, 5.74) is 0. The lowest BCUT2D eigenvalue weighted by atomic mass is 10.3. The van der Waals surface area contributed by atoms with Gasteiger partial charge in [-0.05, 0) is 19.1 Å². The molecule has 0 saturated heterocycles. The molecule has 0 aliphatic heterocycles. The molecule has 0 bridgehead atoms. The fourth-order valence-corrected chi connectivity index (χ4v) is 1.03. The van der Waals surface area contributed by atoms with Crippen molar-refractivity contribution in [2.45, 2.75) is 13.3 Å². The van der Waals surface area contributed by atoms with E-state index in [1.165, 1.54) is 6.54 Å². The lowest BCUT2D eigenvalue weighted by Gasteiger charge is -2.27. The molecule has 3 heteroatoms. The van der Waals surface area contributed by atoms with Crippen LogP contribution in [0, 0.1) is 0 Å².